The zero-order valence-electron chi connectivity index (χ0n) is 24.5. The van der Waals surface area contributed by atoms with Gasteiger partial charge >= 0.3 is 0 Å². The monoisotopic (exact) mass is 571 g/mol. The number of pyridine rings is 1. The molecule has 2 heterocycles. The topological polar surface area (TPSA) is 112 Å². The Bertz CT molecular complexity index is 1360. The molecule has 1 aliphatic carbocycles. The summed E-state index contributed by atoms with van der Waals surface area (Å²) in [7, 11) is 0. The molecule has 222 valence electrons. The Morgan fingerprint density at radius 1 is 1.05 bits per heavy atom. The van der Waals surface area contributed by atoms with Gasteiger partial charge in [-0.05, 0) is 66.6 Å². The molecule has 2 aliphatic rings. The lowest BCUT2D eigenvalue weighted by molar-refractivity contribution is -0.166. The predicted octanol–water partition coefficient (Wildman–Crippen LogP) is 4.93. The molecule has 3 aromatic rings. The first-order valence-corrected chi connectivity index (χ1v) is 15.0. The van der Waals surface area contributed by atoms with E-state index in [4.69, 9.17) is 4.74 Å². The molecule has 0 spiro atoms. The molecule has 2 amide bonds. The normalized spacial score (nSPS) is 18.0. The summed E-state index contributed by atoms with van der Waals surface area (Å²) in [5.41, 5.74) is 2.19. The quantitative estimate of drug-likeness (QED) is 0.318. The summed E-state index contributed by atoms with van der Waals surface area (Å²) in [5, 5.41) is 24.4. The van der Waals surface area contributed by atoms with Crippen LogP contribution in [0.2, 0.25) is 0 Å². The third-order valence-electron chi connectivity index (χ3n) is 8.67. The molecule has 1 aromatic heterocycles. The van der Waals surface area contributed by atoms with E-state index in [0.717, 1.165) is 59.6 Å². The third kappa shape index (κ3) is 6.82. The van der Waals surface area contributed by atoms with Crippen LogP contribution in [0.3, 0.4) is 0 Å². The number of carbonyl (C=O) groups excluding carboxylic acids is 2. The molecule has 1 saturated carbocycles. The lowest BCUT2D eigenvalue weighted by Crippen LogP contribution is -2.58. The van der Waals surface area contributed by atoms with E-state index < -0.39 is 29.6 Å². The highest BCUT2D eigenvalue weighted by Gasteiger charge is 2.45. The van der Waals surface area contributed by atoms with Gasteiger partial charge in [-0.3, -0.25) is 14.6 Å². The molecule has 0 saturated heterocycles. The van der Waals surface area contributed by atoms with Crippen LogP contribution in [0.15, 0.2) is 66.9 Å². The summed E-state index contributed by atoms with van der Waals surface area (Å²) >= 11 is 0. The van der Waals surface area contributed by atoms with E-state index in [9.17, 15) is 19.8 Å². The highest BCUT2D eigenvalue weighted by molar-refractivity contribution is 5.94. The molecule has 2 aromatic carbocycles. The maximum atomic E-state index is 13.0. The van der Waals surface area contributed by atoms with Crippen LogP contribution in [0, 0.1) is 5.92 Å². The predicted molar refractivity (Wildman–Crippen MR) is 160 cm³/mol. The van der Waals surface area contributed by atoms with Gasteiger partial charge in [-0.25, -0.2) is 0 Å². The van der Waals surface area contributed by atoms with Crippen LogP contribution < -0.4 is 10.1 Å². The van der Waals surface area contributed by atoms with E-state index in [0.29, 0.717) is 0 Å². The Morgan fingerprint density at radius 2 is 1.81 bits per heavy atom. The molecule has 8 nitrogen and oxygen atoms in total. The van der Waals surface area contributed by atoms with E-state index >= 15 is 0 Å². The van der Waals surface area contributed by atoms with Crippen molar-refractivity contribution in [3.05, 3.63) is 83.7 Å². The van der Waals surface area contributed by atoms with Crippen molar-refractivity contribution in [2.45, 2.75) is 83.2 Å². The second-order valence-corrected chi connectivity index (χ2v) is 11.8. The first kappa shape index (κ1) is 29.7. The van der Waals surface area contributed by atoms with E-state index in [1.807, 2.05) is 54.6 Å². The fourth-order valence-electron chi connectivity index (χ4n) is 5.87. The van der Waals surface area contributed by atoms with Crippen LogP contribution in [0.5, 0.6) is 5.75 Å². The van der Waals surface area contributed by atoms with Crippen molar-refractivity contribution in [3.8, 4) is 16.9 Å². The summed E-state index contributed by atoms with van der Waals surface area (Å²) in [6, 6.07) is 19.1. The van der Waals surface area contributed by atoms with Gasteiger partial charge in [0, 0.05) is 12.7 Å². The van der Waals surface area contributed by atoms with Crippen LogP contribution in [0.4, 0.5) is 0 Å². The van der Waals surface area contributed by atoms with Gasteiger partial charge in [-0.1, -0.05) is 74.6 Å². The Kier molecular flexibility index (Phi) is 9.24. The van der Waals surface area contributed by atoms with E-state index in [2.05, 4.69) is 10.3 Å². The van der Waals surface area contributed by atoms with Crippen LogP contribution in [-0.4, -0.2) is 50.2 Å². The number of aromatic nitrogens is 1. The van der Waals surface area contributed by atoms with Gasteiger partial charge in [-0.2, -0.15) is 0 Å². The molecule has 1 aliphatic heterocycles. The zero-order valence-corrected chi connectivity index (χ0v) is 24.5. The molecule has 42 heavy (non-hydrogen) atoms. The van der Waals surface area contributed by atoms with E-state index in [1.165, 1.54) is 37.0 Å². The smallest absolute Gasteiger partial charge is 0.255 e. The van der Waals surface area contributed by atoms with Gasteiger partial charge in [0.05, 0.1) is 24.9 Å². The van der Waals surface area contributed by atoms with Gasteiger partial charge in [0.25, 0.3) is 11.8 Å². The van der Waals surface area contributed by atoms with Gasteiger partial charge in [0.1, 0.15) is 5.75 Å². The standard InChI is InChI=1S/C34H41N3O5/c1-23(36-33(40)34(2,41)31(38)32(39)37-21-28-11-7-18-35-30(28)22-37)25-13-15-26(16-14-25)27-10-6-12-29(20-27)42-19-17-24-8-4-3-5-9-24/h6-7,10-16,18,20,23-24,31,38,41H,3-5,8-9,17,19,21-22H2,1-2H3,(H,36,40). The average Bonchev–Trinajstić information content (AvgIpc) is 3.45. The summed E-state index contributed by atoms with van der Waals surface area (Å²) in [6.07, 6.45) is 7.50. The summed E-state index contributed by atoms with van der Waals surface area (Å²) in [5.74, 6) is 0.0977. The molecule has 0 radical (unpaired) electrons. The van der Waals surface area contributed by atoms with Crippen LogP contribution >= 0.6 is 0 Å². The molecular formula is C34H41N3O5. The van der Waals surface area contributed by atoms with Gasteiger partial charge in [0.2, 0.25) is 0 Å². The number of hydrogen-bond acceptors (Lipinski definition) is 6. The van der Waals surface area contributed by atoms with Crippen molar-refractivity contribution in [2.24, 2.45) is 5.92 Å². The molecule has 8 heteroatoms. The van der Waals surface area contributed by atoms with Crippen molar-refractivity contribution >= 4 is 11.8 Å². The van der Waals surface area contributed by atoms with Crippen LogP contribution in [0.1, 0.15) is 75.2 Å². The van der Waals surface area contributed by atoms with Gasteiger partial charge < -0.3 is 25.2 Å². The average molecular weight is 572 g/mol. The Morgan fingerprint density at radius 3 is 2.55 bits per heavy atom. The molecule has 3 atom stereocenters. The van der Waals surface area contributed by atoms with Crippen molar-refractivity contribution in [1.82, 2.24) is 15.2 Å². The largest absolute Gasteiger partial charge is 0.494 e. The van der Waals surface area contributed by atoms with Crippen molar-refractivity contribution in [2.75, 3.05) is 6.61 Å². The van der Waals surface area contributed by atoms with E-state index in [-0.39, 0.29) is 13.1 Å². The number of amides is 2. The Balaban J connectivity index is 1.15. The second-order valence-electron chi connectivity index (χ2n) is 11.8. The molecule has 0 bridgehead atoms. The lowest BCUT2D eigenvalue weighted by Gasteiger charge is -2.31. The fraction of sp³-hybridized carbons (Fsp3) is 0.441. The number of aliphatic hydroxyl groups is 2. The first-order chi connectivity index (χ1) is 20.2. The molecular weight excluding hydrogens is 530 g/mol. The van der Waals surface area contributed by atoms with E-state index in [1.54, 1.807) is 19.2 Å². The number of carbonyl (C=O) groups is 2. The number of rotatable bonds is 10. The van der Waals surface area contributed by atoms with Crippen molar-refractivity contribution in [1.29, 1.82) is 0 Å². The van der Waals surface area contributed by atoms with Gasteiger partial charge in [0.15, 0.2) is 11.7 Å². The maximum absolute atomic E-state index is 13.0. The van der Waals surface area contributed by atoms with Gasteiger partial charge in [-0.15, -0.1) is 0 Å². The SMILES string of the molecule is CC(NC(=O)C(C)(O)C(O)C(=O)N1Cc2cccnc2C1)c1ccc(-c2cccc(OCCC3CCCCC3)c2)cc1. The number of nitrogens with zero attached hydrogens (tertiary/aromatic N) is 2. The summed E-state index contributed by atoms with van der Waals surface area (Å²) < 4.78 is 6.07. The Labute approximate surface area is 247 Å². The van der Waals surface area contributed by atoms with Crippen LogP contribution in [0.25, 0.3) is 11.1 Å². The number of aliphatic hydroxyl groups excluding tert-OH is 1. The Hall–Kier alpha value is -3.75. The minimum absolute atomic E-state index is 0.224. The van der Waals surface area contributed by atoms with Crippen LogP contribution in [-0.2, 0) is 22.7 Å². The highest BCUT2D eigenvalue weighted by Crippen LogP contribution is 2.29. The zero-order chi connectivity index (χ0) is 29.7. The number of nitrogens with one attached hydrogen (secondary N) is 1. The number of benzene rings is 2. The highest BCUT2D eigenvalue weighted by atomic mass is 16.5. The molecule has 3 unspecified atom stereocenters. The summed E-state index contributed by atoms with van der Waals surface area (Å²) in [4.78, 5) is 31.6. The summed E-state index contributed by atoms with van der Waals surface area (Å²) in [6.45, 7) is 4.18. The molecule has 5 rings (SSSR count). The minimum Gasteiger partial charge on any atom is -0.494 e. The number of ether oxygens (including phenoxy) is 1. The molecule has 3 N–H and O–H groups in total. The van der Waals surface area contributed by atoms with Crippen molar-refractivity contribution in [3.63, 3.8) is 0 Å². The first-order valence-electron chi connectivity index (χ1n) is 15.0. The maximum Gasteiger partial charge on any atom is 0.255 e. The number of hydrogen-bond donors (Lipinski definition) is 3. The lowest BCUT2D eigenvalue weighted by atomic mass is 9.87. The fourth-order valence-corrected chi connectivity index (χ4v) is 5.87. The second kappa shape index (κ2) is 13.0. The number of fused-ring (bicyclic) bond motifs is 1. The minimum atomic E-state index is -2.31. The third-order valence-corrected chi connectivity index (χ3v) is 8.67. The molecule has 1 fully saturated rings. The van der Waals surface area contributed by atoms with Crippen molar-refractivity contribution < 1.29 is 24.5 Å².